The summed E-state index contributed by atoms with van der Waals surface area (Å²) in [6.45, 7) is 1.69. The molecule has 2 aliphatic rings. The zero-order valence-corrected chi connectivity index (χ0v) is 8.14. The van der Waals surface area contributed by atoms with Crippen molar-refractivity contribution in [3.8, 4) is 0 Å². The van der Waals surface area contributed by atoms with Crippen LogP contribution in [0.4, 0.5) is 0 Å². The second-order valence-electron chi connectivity index (χ2n) is 3.37. The molecule has 0 aromatic carbocycles. The second-order valence-corrected chi connectivity index (χ2v) is 3.37. The lowest BCUT2D eigenvalue weighted by atomic mass is 10.0. The van der Waals surface area contributed by atoms with Crippen LogP contribution in [0.15, 0.2) is 0 Å². The molecule has 78 valence electrons. The minimum absolute atomic E-state index is 0.364. The van der Waals surface area contributed by atoms with Crippen LogP contribution >= 0.6 is 0 Å². The standard InChI is InChI=1S/C8H11NO5/c1-4-5-8(14-5,7(11)13-4)6(10)9(2)12-3/h4-5H,1-3H3/t4-,5+,8-/m1/s1. The topological polar surface area (TPSA) is 68.4 Å². The molecule has 0 radical (unpaired) electrons. The first kappa shape index (κ1) is 9.42. The van der Waals surface area contributed by atoms with Gasteiger partial charge >= 0.3 is 5.97 Å². The van der Waals surface area contributed by atoms with Crippen LogP contribution < -0.4 is 0 Å². The zero-order chi connectivity index (χ0) is 10.5. The molecule has 14 heavy (non-hydrogen) atoms. The molecule has 0 saturated carbocycles. The number of esters is 1. The maximum atomic E-state index is 11.7. The summed E-state index contributed by atoms with van der Waals surface area (Å²) in [5.74, 6) is -1.14. The van der Waals surface area contributed by atoms with Crippen LogP contribution in [0.3, 0.4) is 0 Å². The van der Waals surface area contributed by atoms with Crippen molar-refractivity contribution >= 4 is 11.9 Å². The Hall–Kier alpha value is -1.14. The Labute approximate surface area is 80.7 Å². The minimum atomic E-state index is -1.43. The average Bonchev–Trinajstić information content (AvgIpc) is 2.86. The molecule has 2 heterocycles. The van der Waals surface area contributed by atoms with E-state index >= 15 is 0 Å². The zero-order valence-electron chi connectivity index (χ0n) is 8.14. The highest BCUT2D eigenvalue weighted by atomic mass is 16.7. The lowest BCUT2D eigenvalue weighted by molar-refractivity contribution is -0.180. The highest BCUT2D eigenvalue weighted by Gasteiger charge is 2.77. The van der Waals surface area contributed by atoms with Gasteiger partial charge in [-0.2, -0.15) is 0 Å². The second kappa shape index (κ2) is 2.68. The number of carbonyl (C=O) groups is 2. The number of fused-ring (bicyclic) bond motifs is 1. The highest BCUT2D eigenvalue weighted by molar-refractivity contribution is 6.11. The van der Waals surface area contributed by atoms with E-state index in [1.807, 2.05) is 0 Å². The van der Waals surface area contributed by atoms with Crippen LogP contribution in [0.25, 0.3) is 0 Å². The van der Waals surface area contributed by atoms with E-state index in [0.717, 1.165) is 5.06 Å². The van der Waals surface area contributed by atoms with E-state index in [2.05, 4.69) is 0 Å². The Balaban J connectivity index is 2.20. The fourth-order valence-electron chi connectivity index (χ4n) is 1.65. The van der Waals surface area contributed by atoms with Gasteiger partial charge in [0, 0.05) is 7.05 Å². The van der Waals surface area contributed by atoms with E-state index in [-0.39, 0.29) is 6.10 Å². The Bertz CT molecular complexity index is 304. The summed E-state index contributed by atoms with van der Waals surface area (Å²) in [5.41, 5.74) is -1.43. The maximum Gasteiger partial charge on any atom is 0.351 e. The first-order chi connectivity index (χ1) is 6.54. The summed E-state index contributed by atoms with van der Waals surface area (Å²) in [5, 5.41) is 0.972. The number of epoxide rings is 1. The molecule has 2 aliphatic heterocycles. The monoisotopic (exact) mass is 201 g/mol. The van der Waals surface area contributed by atoms with E-state index < -0.39 is 23.6 Å². The Morgan fingerprint density at radius 3 is 2.64 bits per heavy atom. The van der Waals surface area contributed by atoms with Gasteiger partial charge in [0.1, 0.15) is 12.2 Å². The quantitative estimate of drug-likeness (QED) is 0.250. The van der Waals surface area contributed by atoms with Gasteiger partial charge in [0.05, 0.1) is 7.11 Å². The molecular formula is C8H11NO5. The maximum absolute atomic E-state index is 11.7. The van der Waals surface area contributed by atoms with Gasteiger partial charge in [0.15, 0.2) is 0 Å². The minimum Gasteiger partial charge on any atom is -0.457 e. The van der Waals surface area contributed by atoms with Gasteiger partial charge < -0.3 is 9.47 Å². The van der Waals surface area contributed by atoms with E-state index in [9.17, 15) is 9.59 Å². The lowest BCUT2D eigenvalue weighted by Gasteiger charge is -2.15. The third-order valence-corrected chi connectivity index (χ3v) is 2.56. The number of ether oxygens (including phenoxy) is 2. The summed E-state index contributed by atoms with van der Waals surface area (Å²) >= 11 is 0. The van der Waals surface area contributed by atoms with Gasteiger partial charge in [-0.05, 0) is 6.92 Å². The van der Waals surface area contributed by atoms with Crippen LogP contribution in [0.1, 0.15) is 6.92 Å². The average molecular weight is 201 g/mol. The molecule has 0 N–H and O–H groups in total. The van der Waals surface area contributed by atoms with Crippen molar-refractivity contribution in [2.75, 3.05) is 14.2 Å². The van der Waals surface area contributed by atoms with Crippen molar-refractivity contribution < 1.29 is 23.9 Å². The number of carbonyl (C=O) groups excluding carboxylic acids is 2. The Morgan fingerprint density at radius 2 is 2.29 bits per heavy atom. The first-order valence-electron chi connectivity index (χ1n) is 4.25. The highest BCUT2D eigenvalue weighted by Crippen LogP contribution is 2.47. The van der Waals surface area contributed by atoms with Crippen molar-refractivity contribution in [1.82, 2.24) is 5.06 Å². The van der Waals surface area contributed by atoms with Gasteiger partial charge in [-0.1, -0.05) is 0 Å². The predicted octanol–water partition coefficient (Wildman–Crippen LogP) is -0.911. The molecular weight excluding hydrogens is 190 g/mol. The van der Waals surface area contributed by atoms with Crippen LogP contribution in [0.5, 0.6) is 0 Å². The fourth-order valence-corrected chi connectivity index (χ4v) is 1.65. The number of hydrogen-bond donors (Lipinski definition) is 0. The smallest absolute Gasteiger partial charge is 0.351 e. The summed E-state index contributed by atoms with van der Waals surface area (Å²) < 4.78 is 9.98. The molecule has 1 amide bonds. The van der Waals surface area contributed by atoms with Crippen LogP contribution in [0.2, 0.25) is 0 Å². The molecule has 2 fully saturated rings. The molecule has 2 rings (SSSR count). The van der Waals surface area contributed by atoms with Crippen LogP contribution in [-0.2, 0) is 23.9 Å². The third kappa shape index (κ3) is 0.921. The third-order valence-electron chi connectivity index (χ3n) is 2.56. The fraction of sp³-hybridized carbons (Fsp3) is 0.750. The summed E-state index contributed by atoms with van der Waals surface area (Å²) in [7, 11) is 2.77. The van der Waals surface area contributed by atoms with Crippen molar-refractivity contribution in [2.24, 2.45) is 0 Å². The molecule has 0 unspecified atom stereocenters. The number of rotatable bonds is 2. The molecule has 0 bridgehead atoms. The molecule has 3 atom stereocenters. The largest absolute Gasteiger partial charge is 0.457 e. The molecule has 6 nitrogen and oxygen atoms in total. The van der Waals surface area contributed by atoms with E-state index in [0.29, 0.717) is 0 Å². The van der Waals surface area contributed by atoms with Gasteiger partial charge in [-0.3, -0.25) is 9.63 Å². The molecule has 0 aliphatic carbocycles. The van der Waals surface area contributed by atoms with Gasteiger partial charge in [-0.25, -0.2) is 9.86 Å². The SMILES string of the molecule is CON(C)C(=O)[C@]12O[C@H]1[C@@H](C)OC2=O. The van der Waals surface area contributed by atoms with Gasteiger partial charge in [0.2, 0.25) is 0 Å². The van der Waals surface area contributed by atoms with Crippen molar-refractivity contribution in [3.63, 3.8) is 0 Å². The Morgan fingerprint density at radius 1 is 1.64 bits per heavy atom. The van der Waals surface area contributed by atoms with Crippen LogP contribution in [-0.4, -0.2) is 48.9 Å². The van der Waals surface area contributed by atoms with Crippen LogP contribution in [0, 0.1) is 0 Å². The van der Waals surface area contributed by atoms with E-state index in [4.69, 9.17) is 14.3 Å². The van der Waals surface area contributed by atoms with Crippen molar-refractivity contribution in [1.29, 1.82) is 0 Å². The van der Waals surface area contributed by atoms with Gasteiger partial charge in [0.25, 0.3) is 11.5 Å². The molecule has 0 spiro atoms. The van der Waals surface area contributed by atoms with Gasteiger partial charge in [-0.15, -0.1) is 0 Å². The summed E-state index contributed by atoms with van der Waals surface area (Å²) in [6, 6.07) is 0. The number of amides is 1. The summed E-state index contributed by atoms with van der Waals surface area (Å²) in [6.07, 6.45) is -0.822. The molecule has 6 heteroatoms. The van der Waals surface area contributed by atoms with Crippen molar-refractivity contribution in [2.45, 2.75) is 24.7 Å². The number of hydroxylamine groups is 2. The lowest BCUT2D eigenvalue weighted by Crippen LogP contribution is -2.43. The molecule has 0 aromatic rings. The number of cyclic esters (lactones) is 1. The molecule has 2 saturated heterocycles. The first-order valence-corrected chi connectivity index (χ1v) is 4.25. The normalized spacial score (nSPS) is 38.9. The molecule has 0 aromatic heterocycles. The van der Waals surface area contributed by atoms with Crippen molar-refractivity contribution in [3.05, 3.63) is 0 Å². The number of hydrogen-bond acceptors (Lipinski definition) is 5. The predicted molar refractivity (Wildman–Crippen MR) is 42.9 cm³/mol. The summed E-state index contributed by atoms with van der Waals surface area (Å²) in [4.78, 5) is 27.7. The van der Waals surface area contributed by atoms with E-state index in [1.54, 1.807) is 6.92 Å². The van der Waals surface area contributed by atoms with E-state index in [1.165, 1.54) is 14.2 Å². The Kier molecular flexibility index (Phi) is 1.80. The number of nitrogens with zero attached hydrogens (tertiary/aromatic N) is 1. The number of likely N-dealkylation sites (N-methyl/N-ethyl adjacent to an activating group) is 1.